The first-order valence-electron chi connectivity index (χ1n) is 7.92. The van der Waals surface area contributed by atoms with Crippen molar-refractivity contribution in [1.82, 2.24) is 25.0 Å². The molecular weight excluding hydrogens is 357 g/mol. The van der Waals surface area contributed by atoms with Crippen LogP contribution in [0.2, 0.25) is 0 Å². The second-order valence-electron chi connectivity index (χ2n) is 5.67. The van der Waals surface area contributed by atoms with Crippen LogP contribution in [0.3, 0.4) is 0 Å². The fraction of sp³-hybridized carbons (Fsp3) is 0.294. The standard InChI is InChI=1S/C17H18FN5O2S/c1-11-20-14(22-25-11)9-26-10-15(24)21-16(17-19-6-7-23(17)2)12-4-3-5-13(18)8-12/h3-8,16H,9-10H2,1-2H3,(H,21,24). The summed E-state index contributed by atoms with van der Waals surface area (Å²) in [5, 5.41) is 6.71. The summed E-state index contributed by atoms with van der Waals surface area (Å²) in [6.07, 6.45) is 3.42. The van der Waals surface area contributed by atoms with Crippen LogP contribution in [0.4, 0.5) is 4.39 Å². The Balaban J connectivity index is 1.67. The van der Waals surface area contributed by atoms with Crippen LogP contribution in [0.25, 0.3) is 0 Å². The van der Waals surface area contributed by atoms with Gasteiger partial charge in [-0.25, -0.2) is 9.37 Å². The molecule has 1 atom stereocenters. The van der Waals surface area contributed by atoms with Crippen LogP contribution in [-0.2, 0) is 17.6 Å². The van der Waals surface area contributed by atoms with Crippen molar-refractivity contribution >= 4 is 17.7 Å². The summed E-state index contributed by atoms with van der Waals surface area (Å²) in [5.41, 5.74) is 0.631. The molecule has 0 radical (unpaired) electrons. The number of thioether (sulfide) groups is 1. The molecule has 7 nitrogen and oxygen atoms in total. The molecule has 2 aromatic heterocycles. The SMILES string of the molecule is Cc1nc(CSCC(=O)NC(c2cccc(F)c2)c2nccn2C)no1. The highest BCUT2D eigenvalue weighted by molar-refractivity contribution is 7.99. The number of carbonyl (C=O) groups is 1. The Kier molecular flexibility index (Phi) is 5.67. The molecule has 0 bridgehead atoms. The molecule has 1 aromatic carbocycles. The van der Waals surface area contributed by atoms with Gasteiger partial charge >= 0.3 is 0 Å². The molecular formula is C17H18FN5O2S. The smallest absolute Gasteiger partial charge is 0.230 e. The lowest BCUT2D eigenvalue weighted by Crippen LogP contribution is -2.32. The normalized spacial score (nSPS) is 12.1. The van der Waals surface area contributed by atoms with E-state index in [0.717, 1.165) is 0 Å². The number of carbonyl (C=O) groups excluding carboxylic acids is 1. The summed E-state index contributed by atoms with van der Waals surface area (Å²) in [4.78, 5) is 20.8. The summed E-state index contributed by atoms with van der Waals surface area (Å²) >= 11 is 1.37. The highest BCUT2D eigenvalue weighted by atomic mass is 32.2. The van der Waals surface area contributed by atoms with Gasteiger partial charge in [0.2, 0.25) is 11.8 Å². The summed E-state index contributed by atoms with van der Waals surface area (Å²) in [6, 6.07) is 5.60. The van der Waals surface area contributed by atoms with Gasteiger partial charge in [-0.15, -0.1) is 11.8 Å². The molecule has 1 N–H and O–H groups in total. The van der Waals surface area contributed by atoms with Crippen molar-refractivity contribution < 1.29 is 13.7 Å². The maximum atomic E-state index is 13.6. The molecule has 0 fully saturated rings. The molecule has 0 spiro atoms. The molecule has 0 saturated heterocycles. The number of imidazole rings is 1. The minimum absolute atomic E-state index is 0.188. The molecule has 1 amide bonds. The summed E-state index contributed by atoms with van der Waals surface area (Å²) < 4.78 is 20.3. The number of hydrogen-bond acceptors (Lipinski definition) is 6. The Morgan fingerprint density at radius 2 is 2.31 bits per heavy atom. The number of aromatic nitrogens is 4. The molecule has 3 aromatic rings. The number of nitrogens with zero attached hydrogens (tertiary/aromatic N) is 4. The quantitative estimate of drug-likeness (QED) is 0.682. The topological polar surface area (TPSA) is 85.8 Å². The minimum Gasteiger partial charge on any atom is -0.341 e. The minimum atomic E-state index is -0.536. The van der Waals surface area contributed by atoms with Gasteiger partial charge in [0, 0.05) is 26.4 Å². The van der Waals surface area contributed by atoms with E-state index in [2.05, 4.69) is 20.4 Å². The first-order chi connectivity index (χ1) is 12.5. The summed E-state index contributed by atoms with van der Waals surface area (Å²) in [5.74, 6) is 1.80. The first-order valence-corrected chi connectivity index (χ1v) is 9.07. The lowest BCUT2D eigenvalue weighted by Gasteiger charge is -2.19. The van der Waals surface area contributed by atoms with Crippen molar-refractivity contribution in [3.05, 3.63) is 65.6 Å². The Morgan fingerprint density at radius 1 is 1.46 bits per heavy atom. The van der Waals surface area contributed by atoms with Gasteiger partial charge in [-0.1, -0.05) is 17.3 Å². The average molecular weight is 375 g/mol. The van der Waals surface area contributed by atoms with Gasteiger partial charge in [-0.05, 0) is 17.7 Å². The zero-order valence-electron chi connectivity index (χ0n) is 14.3. The Hall–Kier alpha value is -2.68. The van der Waals surface area contributed by atoms with E-state index in [1.165, 1.54) is 23.9 Å². The molecule has 26 heavy (non-hydrogen) atoms. The molecule has 0 saturated carbocycles. The van der Waals surface area contributed by atoms with Gasteiger partial charge < -0.3 is 14.4 Å². The van der Waals surface area contributed by atoms with Gasteiger partial charge in [0.1, 0.15) is 17.7 Å². The molecule has 2 heterocycles. The summed E-state index contributed by atoms with van der Waals surface area (Å²) in [7, 11) is 1.83. The average Bonchev–Trinajstić information content (AvgIpc) is 3.21. The maximum absolute atomic E-state index is 13.6. The van der Waals surface area contributed by atoms with E-state index in [-0.39, 0.29) is 17.5 Å². The van der Waals surface area contributed by atoms with Gasteiger partial charge in [0.25, 0.3) is 0 Å². The number of hydrogen-bond donors (Lipinski definition) is 1. The largest absolute Gasteiger partial charge is 0.341 e. The van der Waals surface area contributed by atoms with Gasteiger partial charge in [0.15, 0.2) is 5.82 Å². The lowest BCUT2D eigenvalue weighted by molar-refractivity contribution is -0.119. The third-order valence-corrected chi connectivity index (χ3v) is 4.57. The fourth-order valence-electron chi connectivity index (χ4n) is 2.48. The van der Waals surface area contributed by atoms with Crippen molar-refractivity contribution in [3.8, 4) is 0 Å². The number of benzene rings is 1. The zero-order valence-corrected chi connectivity index (χ0v) is 15.2. The third-order valence-electron chi connectivity index (χ3n) is 3.64. The lowest BCUT2D eigenvalue weighted by atomic mass is 10.1. The maximum Gasteiger partial charge on any atom is 0.230 e. The Bertz CT molecular complexity index is 895. The highest BCUT2D eigenvalue weighted by Gasteiger charge is 2.21. The predicted molar refractivity (Wildman–Crippen MR) is 94.8 cm³/mol. The Morgan fingerprint density at radius 3 is 2.96 bits per heavy atom. The van der Waals surface area contributed by atoms with E-state index in [1.54, 1.807) is 36.0 Å². The van der Waals surface area contributed by atoms with Crippen LogP contribution in [-0.4, -0.2) is 31.4 Å². The van der Waals surface area contributed by atoms with Crippen LogP contribution >= 0.6 is 11.8 Å². The second kappa shape index (κ2) is 8.13. The van der Waals surface area contributed by atoms with E-state index >= 15 is 0 Å². The Labute approximate surface area is 154 Å². The van der Waals surface area contributed by atoms with Gasteiger partial charge in [-0.2, -0.15) is 4.98 Å². The molecule has 3 rings (SSSR count). The zero-order chi connectivity index (χ0) is 18.5. The van der Waals surface area contributed by atoms with E-state index in [4.69, 9.17) is 4.52 Å². The van der Waals surface area contributed by atoms with Crippen LogP contribution in [0.5, 0.6) is 0 Å². The number of nitrogens with one attached hydrogen (secondary N) is 1. The van der Waals surface area contributed by atoms with E-state index in [0.29, 0.717) is 28.9 Å². The van der Waals surface area contributed by atoms with Crippen LogP contribution < -0.4 is 5.32 Å². The third kappa shape index (κ3) is 4.48. The van der Waals surface area contributed by atoms with Crippen molar-refractivity contribution in [3.63, 3.8) is 0 Å². The monoisotopic (exact) mass is 375 g/mol. The fourth-order valence-corrected chi connectivity index (χ4v) is 3.15. The number of amides is 1. The molecule has 0 aliphatic carbocycles. The van der Waals surface area contributed by atoms with Crippen LogP contribution in [0, 0.1) is 12.7 Å². The van der Waals surface area contributed by atoms with E-state index < -0.39 is 6.04 Å². The van der Waals surface area contributed by atoms with Crippen LogP contribution in [0.1, 0.15) is 29.1 Å². The number of aryl methyl sites for hydroxylation is 2. The first kappa shape index (κ1) is 18.1. The highest BCUT2D eigenvalue weighted by Crippen LogP contribution is 2.21. The van der Waals surface area contributed by atoms with E-state index in [9.17, 15) is 9.18 Å². The molecule has 0 aliphatic heterocycles. The van der Waals surface area contributed by atoms with Crippen molar-refractivity contribution in [2.24, 2.45) is 7.05 Å². The molecule has 0 aliphatic rings. The summed E-state index contributed by atoms with van der Waals surface area (Å²) in [6.45, 7) is 1.71. The number of rotatable bonds is 7. The predicted octanol–water partition coefficient (Wildman–Crippen LogP) is 2.39. The molecule has 1 unspecified atom stereocenters. The molecule has 9 heteroatoms. The molecule has 136 valence electrons. The van der Waals surface area contributed by atoms with Gasteiger partial charge in [-0.3, -0.25) is 4.79 Å². The van der Waals surface area contributed by atoms with Crippen LogP contribution in [0.15, 0.2) is 41.2 Å². The van der Waals surface area contributed by atoms with Crippen molar-refractivity contribution in [2.75, 3.05) is 5.75 Å². The second-order valence-corrected chi connectivity index (χ2v) is 6.66. The van der Waals surface area contributed by atoms with Gasteiger partial charge in [0.05, 0.1) is 11.5 Å². The number of halogens is 1. The van der Waals surface area contributed by atoms with E-state index in [1.807, 2.05) is 7.05 Å². The van der Waals surface area contributed by atoms with Crippen molar-refractivity contribution in [2.45, 2.75) is 18.7 Å². The van der Waals surface area contributed by atoms with Crippen molar-refractivity contribution in [1.29, 1.82) is 0 Å².